The van der Waals surface area contributed by atoms with Crippen LogP contribution in [0.4, 0.5) is 4.79 Å². The molecule has 0 bridgehead atoms. The zero-order chi connectivity index (χ0) is 15.6. The van der Waals surface area contributed by atoms with Crippen molar-refractivity contribution >= 4 is 28.8 Å². The highest BCUT2D eigenvalue weighted by Gasteiger charge is 2.22. The molecule has 0 unspecified atom stereocenters. The number of ether oxygens (including phenoxy) is 1. The average molecular weight is 324 g/mol. The Hall–Kier alpha value is -2.40. The van der Waals surface area contributed by atoms with Gasteiger partial charge in [-0.1, -0.05) is 36.0 Å². The lowest BCUT2D eigenvalue weighted by Gasteiger charge is -2.08. The molecule has 3 aromatic rings. The van der Waals surface area contributed by atoms with Crippen LogP contribution < -0.4 is 5.32 Å². The Morgan fingerprint density at radius 2 is 2.04 bits per heavy atom. The van der Waals surface area contributed by atoms with Crippen molar-refractivity contribution in [2.45, 2.75) is 22.3 Å². The minimum Gasteiger partial charge on any atom is -0.447 e. The minimum atomic E-state index is -0.321. The Kier molecular flexibility index (Phi) is 3.71. The molecule has 5 heteroatoms. The van der Waals surface area contributed by atoms with Crippen LogP contribution in [-0.4, -0.2) is 23.7 Å². The molecule has 1 aliphatic rings. The summed E-state index contributed by atoms with van der Waals surface area (Å²) in [7, 11) is 0. The zero-order valence-corrected chi connectivity index (χ0v) is 13.2. The van der Waals surface area contributed by atoms with E-state index in [1.165, 1.54) is 20.7 Å². The van der Waals surface area contributed by atoms with Crippen molar-refractivity contribution in [1.29, 1.82) is 0 Å². The first kappa shape index (κ1) is 14.2. The molecule has 1 amide bonds. The molecule has 2 aromatic carbocycles. The summed E-state index contributed by atoms with van der Waals surface area (Å²) in [5, 5.41) is 4.03. The summed E-state index contributed by atoms with van der Waals surface area (Å²) in [6.45, 7) is 0.440. The molecule has 2 heterocycles. The van der Waals surface area contributed by atoms with Crippen LogP contribution in [0.3, 0.4) is 0 Å². The first-order valence-corrected chi connectivity index (χ1v) is 8.36. The highest BCUT2D eigenvalue weighted by molar-refractivity contribution is 7.99. The van der Waals surface area contributed by atoms with Crippen molar-refractivity contribution in [1.82, 2.24) is 10.3 Å². The van der Waals surface area contributed by atoms with Gasteiger partial charge in [0.15, 0.2) is 0 Å². The van der Waals surface area contributed by atoms with E-state index >= 15 is 0 Å². The van der Waals surface area contributed by atoms with E-state index in [1.54, 1.807) is 11.8 Å². The molecule has 1 fully saturated rings. The zero-order valence-electron chi connectivity index (χ0n) is 12.4. The maximum absolute atomic E-state index is 11.1. The topological polar surface area (TPSA) is 54.1 Å². The van der Waals surface area contributed by atoms with E-state index in [0.29, 0.717) is 6.61 Å². The molecule has 2 N–H and O–H groups in total. The van der Waals surface area contributed by atoms with Gasteiger partial charge in [-0.3, -0.25) is 0 Å². The van der Waals surface area contributed by atoms with Crippen molar-refractivity contribution in [3.05, 3.63) is 60.3 Å². The predicted octanol–water partition coefficient (Wildman–Crippen LogP) is 3.97. The van der Waals surface area contributed by atoms with E-state index in [9.17, 15) is 4.79 Å². The third-order valence-electron chi connectivity index (χ3n) is 3.90. The largest absolute Gasteiger partial charge is 0.447 e. The monoisotopic (exact) mass is 324 g/mol. The minimum absolute atomic E-state index is 0.0594. The van der Waals surface area contributed by atoms with E-state index in [2.05, 4.69) is 40.6 Å². The van der Waals surface area contributed by atoms with E-state index in [1.807, 2.05) is 24.4 Å². The fraction of sp³-hybridized carbons (Fsp3) is 0.167. The summed E-state index contributed by atoms with van der Waals surface area (Å²) in [4.78, 5) is 16.9. The maximum atomic E-state index is 11.1. The normalized spacial score (nSPS) is 17.2. The number of alkyl carbamates (subject to hydrolysis) is 1. The van der Waals surface area contributed by atoms with Crippen LogP contribution >= 0.6 is 11.8 Å². The molecule has 4 rings (SSSR count). The van der Waals surface area contributed by atoms with Crippen LogP contribution in [0.1, 0.15) is 5.56 Å². The first-order valence-electron chi connectivity index (χ1n) is 7.54. The number of carbonyl (C=O) groups is 1. The smallest absolute Gasteiger partial charge is 0.407 e. The predicted molar refractivity (Wildman–Crippen MR) is 90.8 cm³/mol. The lowest BCUT2D eigenvalue weighted by Crippen LogP contribution is -2.28. The van der Waals surface area contributed by atoms with E-state index in [0.717, 1.165) is 11.9 Å². The quantitative estimate of drug-likeness (QED) is 0.763. The SMILES string of the molecule is O=C1N[C@@H](Cc2ccc3[nH]cc(Sc4ccccc4)c3c2)CO1. The number of H-pyrrole nitrogens is 1. The van der Waals surface area contributed by atoms with Gasteiger partial charge in [-0.2, -0.15) is 0 Å². The van der Waals surface area contributed by atoms with Crippen molar-refractivity contribution in [2.24, 2.45) is 0 Å². The molecule has 4 nitrogen and oxygen atoms in total. The van der Waals surface area contributed by atoms with Gasteiger partial charge in [0.05, 0.1) is 6.04 Å². The molecular weight excluding hydrogens is 308 g/mol. The van der Waals surface area contributed by atoms with Gasteiger partial charge in [0.25, 0.3) is 0 Å². The third-order valence-corrected chi connectivity index (χ3v) is 4.96. The third kappa shape index (κ3) is 3.05. The molecule has 0 spiro atoms. The van der Waals surface area contributed by atoms with Gasteiger partial charge < -0.3 is 15.0 Å². The summed E-state index contributed by atoms with van der Waals surface area (Å²) in [6.07, 6.45) is 2.51. The fourth-order valence-corrected chi connectivity index (χ4v) is 3.73. The van der Waals surface area contributed by atoms with Crippen LogP contribution in [0.2, 0.25) is 0 Å². The van der Waals surface area contributed by atoms with Gasteiger partial charge in [-0.05, 0) is 36.2 Å². The van der Waals surface area contributed by atoms with Gasteiger partial charge in [-0.15, -0.1) is 0 Å². The fourth-order valence-electron chi connectivity index (χ4n) is 2.79. The van der Waals surface area contributed by atoms with Gasteiger partial charge in [0, 0.05) is 26.9 Å². The molecule has 1 atom stereocenters. The van der Waals surface area contributed by atoms with Crippen molar-refractivity contribution in [2.75, 3.05) is 6.61 Å². The van der Waals surface area contributed by atoms with Crippen LogP contribution in [0.25, 0.3) is 10.9 Å². The number of fused-ring (bicyclic) bond motifs is 1. The Morgan fingerprint density at radius 3 is 2.83 bits per heavy atom. The van der Waals surface area contributed by atoms with E-state index < -0.39 is 0 Å². The number of carbonyl (C=O) groups excluding carboxylic acids is 1. The molecular formula is C18H16N2O2S. The number of rotatable bonds is 4. The number of hydrogen-bond acceptors (Lipinski definition) is 3. The van der Waals surface area contributed by atoms with Crippen molar-refractivity contribution < 1.29 is 9.53 Å². The molecule has 23 heavy (non-hydrogen) atoms. The number of benzene rings is 2. The summed E-state index contributed by atoms with van der Waals surface area (Å²) < 4.78 is 4.95. The second-order valence-electron chi connectivity index (χ2n) is 5.59. The summed E-state index contributed by atoms with van der Waals surface area (Å²) >= 11 is 1.75. The molecule has 1 aromatic heterocycles. The summed E-state index contributed by atoms with van der Waals surface area (Å²) in [5.74, 6) is 0. The van der Waals surface area contributed by atoms with Crippen LogP contribution in [0.15, 0.2) is 64.5 Å². The summed E-state index contributed by atoms with van der Waals surface area (Å²) in [6, 6.07) is 16.8. The Bertz CT molecular complexity index is 845. The van der Waals surface area contributed by atoms with E-state index in [4.69, 9.17) is 4.74 Å². The van der Waals surface area contributed by atoms with Gasteiger partial charge >= 0.3 is 6.09 Å². The number of cyclic esters (lactones) is 1. The van der Waals surface area contributed by atoms with Crippen LogP contribution in [0, 0.1) is 0 Å². The second-order valence-corrected chi connectivity index (χ2v) is 6.71. The Morgan fingerprint density at radius 1 is 1.17 bits per heavy atom. The summed E-state index contributed by atoms with van der Waals surface area (Å²) in [5.41, 5.74) is 2.32. The van der Waals surface area contributed by atoms with Crippen molar-refractivity contribution in [3.8, 4) is 0 Å². The number of aromatic nitrogens is 1. The highest BCUT2D eigenvalue weighted by Crippen LogP contribution is 2.34. The van der Waals surface area contributed by atoms with Gasteiger partial charge in [0.1, 0.15) is 6.61 Å². The maximum Gasteiger partial charge on any atom is 0.407 e. The molecule has 1 saturated heterocycles. The average Bonchev–Trinajstić information content (AvgIpc) is 3.15. The number of aromatic amines is 1. The van der Waals surface area contributed by atoms with Crippen LogP contribution in [-0.2, 0) is 11.2 Å². The van der Waals surface area contributed by atoms with E-state index in [-0.39, 0.29) is 12.1 Å². The Balaban J connectivity index is 1.59. The van der Waals surface area contributed by atoms with Gasteiger partial charge in [0.2, 0.25) is 0 Å². The molecule has 1 aliphatic heterocycles. The van der Waals surface area contributed by atoms with Gasteiger partial charge in [-0.25, -0.2) is 4.79 Å². The lowest BCUT2D eigenvalue weighted by atomic mass is 10.1. The molecule has 116 valence electrons. The number of hydrogen-bond donors (Lipinski definition) is 2. The first-order chi connectivity index (χ1) is 11.3. The molecule has 0 radical (unpaired) electrons. The molecule has 0 aliphatic carbocycles. The molecule has 0 saturated carbocycles. The highest BCUT2D eigenvalue weighted by atomic mass is 32.2. The number of amides is 1. The standard InChI is InChI=1S/C18H16N2O2S/c21-18-20-13(11-22-18)8-12-6-7-16-15(9-12)17(10-19-16)23-14-4-2-1-3-5-14/h1-7,9-10,13,19H,8,11H2,(H,20,21)/t13-/m0/s1. The number of nitrogens with one attached hydrogen (secondary N) is 2. The lowest BCUT2D eigenvalue weighted by molar-refractivity contribution is 0.177. The van der Waals surface area contributed by atoms with Crippen LogP contribution in [0.5, 0.6) is 0 Å². The second kappa shape index (κ2) is 6.01. The Labute approximate surface area is 138 Å². The van der Waals surface area contributed by atoms with Crippen molar-refractivity contribution in [3.63, 3.8) is 0 Å².